The maximum Gasteiger partial charge on any atom is 0.326 e. The average Bonchev–Trinajstić information content (AvgIpc) is 3.05. The van der Waals surface area contributed by atoms with Crippen LogP contribution in [-0.4, -0.2) is 53.0 Å². The van der Waals surface area contributed by atoms with E-state index >= 15 is 0 Å². The van der Waals surface area contributed by atoms with Gasteiger partial charge in [0.1, 0.15) is 11.8 Å². The number of hydrogen-bond donors (Lipinski definition) is 1. The molecule has 1 N–H and O–H groups in total. The molecule has 24 heavy (non-hydrogen) atoms. The van der Waals surface area contributed by atoms with Crippen molar-refractivity contribution in [2.45, 2.75) is 38.3 Å². The van der Waals surface area contributed by atoms with E-state index in [1.807, 2.05) is 6.07 Å². The average molecular weight is 332 g/mol. The largest absolute Gasteiger partial charge is 0.480 e. The Labute approximate surface area is 139 Å². The lowest BCUT2D eigenvalue weighted by Gasteiger charge is -2.33. The molecule has 128 valence electrons. The third kappa shape index (κ3) is 2.93. The topological polar surface area (TPSA) is 87.2 Å². The zero-order valence-electron chi connectivity index (χ0n) is 13.5. The van der Waals surface area contributed by atoms with Crippen LogP contribution in [0.2, 0.25) is 0 Å². The van der Waals surface area contributed by atoms with Crippen LogP contribution < -0.4 is 9.64 Å². The summed E-state index contributed by atoms with van der Waals surface area (Å²) in [5, 5.41) is 9.18. The summed E-state index contributed by atoms with van der Waals surface area (Å²) in [4.78, 5) is 38.9. The maximum absolute atomic E-state index is 12.4. The molecule has 7 nitrogen and oxygen atoms in total. The van der Waals surface area contributed by atoms with E-state index in [1.54, 1.807) is 30.0 Å². The van der Waals surface area contributed by atoms with Crippen molar-refractivity contribution in [1.29, 1.82) is 0 Å². The minimum Gasteiger partial charge on any atom is -0.480 e. The van der Waals surface area contributed by atoms with Gasteiger partial charge in [0.25, 0.3) is 5.91 Å². The van der Waals surface area contributed by atoms with Crippen LogP contribution in [0.4, 0.5) is 5.69 Å². The first-order valence-electron chi connectivity index (χ1n) is 8.08. The second kappa shape index (κ2) is 6.51. The highest BCUT2D eigenvalue weighted by Crippen LogP contribution is 2.33. The first kappa shape index (κ1) is 16.3. The van der Waals surface area contributed by atoms with E-state index < -0.39 is 18.1 Å². The third-order valence-corrected chi connectivity index (χ3v) is 4.48. The van der Waals surface area contributed by atoms with Gasteiger partial charge in [-0.05, 0) is 31.9 Å². The Morgan fingerprint density at radius 3 is 2.83 bits per heavy atom. The lowest BCUT2D eigenvalue weighted by molar-refractivity contribution is -0.148. The molecule has 2 aliphatic heterocycles. The number of carbonyl (C=O) groups is 3. The number of benzene rings is 1. The summed E-state index contributed by atoms with van der Waals surface area (Å²) in [6.45, 7) is 2.35. The molecule has 0 spiro atoms. The molecule has 0 aromatic heterocycles. The lowest BCUT2D eigenvalue weighted by Crippen LogP contribution is -2.47. The number of carbonyl (C=O) groups excluding carboxylic acids is 2. The monoisotopic (exact) mass is 332 g/mol. The molecule has 1 aromatic carbocycles. The van der Waals surface area contributed by atoms with Crippen molar-refractivity contribution >= 4 is 23.5 Å². The number of fused-ring (bicyclic) bond motifs is 1. The van der Waals surface area contributed by atoms with Gasteiger partial charge in [0.2, 0.25) is 5.91 Å². The van der Waals surface area contributed by atoms with E-state index in [4.69, 9.17) is 4.74 Å². The minimum atomic E-state index is -0.970. The van der Waals surface area contributed by atoms with E-state index in [0.717, 1.165) is 0 Å². The standard InChI is InChI=1S/C17H20N2O5/c1-11-16(21)19(12-5-2-3-7-14(12)24-11)10-8-15(20)18-9-4-6-13(18)17(22)23/h2-3,5,7,11,13H,4,6,8-10H2,1H3,(H,22,23)/t11-,13-/m0/s1. The molecule has 0 unspecified atom stereocenters. The highest BCUT2D eigenvalue weighted by atomic mass is 16.5. The fourth-order valence-corrected chi connectivity index (χ4v) is 3.26. The number of amides is 2. The van der Waals surface area contributed by atoms with E-state index in [9.17, 15) is 19.5 Å². The predicted octanol–water partition coefficient (Wildman–Crippen LogP) is 1.27. The first-order chi connectivity index (χ1) is 11.5. The number of carboxylic acid groups (broad SMARTS) is 1. The molecule has 1 fully saturated rings. The van der Waals surface area contributed by atoms with Crippen LogP contribution in [0.15, 0.2) is 24.3 Å². The SMILES string of the molecule is C[C@@H]1Oc2ccccc2N(CCC(=O)N2CCC[C@H]2C(=O)O)C1=O. The second-order valence-electron chi connectivity index (χ2n) is 6.05. The molecular formula is C17H20N2O5. The first-order valence-corrected chi connectivity index (χ1v) is 8.08. The number of para-hydroxylation sites is 2. The van der Waals surface area contributed by atoms with Gasteiger partial charge in [-0.15, -0.1) is 0 Å². The van der Waals surface area contributed by atoms with Gasteiger partial charge in [-0.1, -0.05) is 12.1 Å². The molecule has 1 aromatic rings. The summed E-state index contributed by atoms with van der Waals surface area (Å²) in [7, 11) is 0. The maximum atomic E-state index is 12.4. The Kier molecular flexibility index (Phi) is 4.42. The van der Waals surface area contributed by atoms with Crippen LogP contribution in [-0.2, 0) is 14.4 Å². The van der Waals surface area contributed by atoms with Crippen molar-refractivity contribution < 1.29 is 24.2 Å². The summed E-state index contributed by atoms with van der Waals surface area (Å²) in [5.74, 6) is -0.786. The molecule has 0 radical (unpaired) electrons. The zero-order chi connectivity index (χ0) is 17.3. The van der Waals surface area contributed by atoms with E-state index in [-0.39, 0.29) is 24.8 Å². The van der Waals surface area contributed by atoms with Gasteiger partial charge in [-0.3, -0.25) is 9.59 Å². The van der Waals surface area contributed by atoms with E-state index in [2.05, 4.69) is 0 Å². The van der Waals surface area contributed by atoms with Crippen LogP contribution in [0.1, 0.15) is 26.2 Å². The Morgan fingerprint density at radius 2 is 2.08 bits per heavy atom. The van der Waals surface area contributed by atoms with Crippen LogP contribution in [0.5, 0.6) is 5.75 Å². The number of aliphatic carboxylic acids is 1. The van der Waals surface area contributed by atoms with E-state index in [1.165, 1.54) is 4.90 Å². The summed E-state index contributed by atoms with van der Waals surface area (Å²) in [5.41, 5.74) is 0.643. The fourth-order valence-electron chi connectivity index (χ4n) is 3.26. The van der Waals surface area contributed by atoms with E-state index in [0.29, 0.717) is 30.8 Å². The summed E-state index contributed by atoms with van der Waals surface area (Å²) < 4.78 is 5.57. The number of hydrogen-bond acceptors (Lipinski definition) is 4. The molecule has 0 bridgehead atoms. The Morgan fingerprint density at radius 1 is 1.33 bits per heavy atom. The molecule has 0 aliphatic carbocycles. The quantitative estimate of drug-likeness (QED) is 0.897. The number of carboxylic acids is 1. The minimum absolute atomic E-state index is 0.0938. The smallest absolute Gasteiger partial charge is 0.326 e. The van der Waals surface area contributed by atoms with Gasteiger partial charge >= 0.3 is 5.97 Å². The van der Waals surface area contributed by atoms with Gasteiger partial charge in [0.05, 0.1) is 5.69 Å². The third-order valence-electron chi connectivity index (χ3n) is 4.48. The summed E-state index contributed by atoms with van der Waals surface area (Å²) >= 11 is 0. The van der Waals surface area contributed by atoms with Crippen molar-refractivity contribution in [3.05, 3.63) is 24.3 Å². The van der Waals surface area contributed by atoms with Gasteiger partial charge in [-0.2, -0.15) is 0 Å². The molecule has 0 saturated carbocycles. The van der Waals surface area contributed by atoms with Crippen molar-refractivity contribution in [1.82, 2.24) is 4.90 Å². The van der Waals surface area contributed by atoms with Gasteiger partial charge in [0, 0.05) is 19.5 Å². The molecular weight excluding hydrogens is 312 g/mol. The Balaban J connectivity index is 1.71. The van der Waals surface area contributed by atoms with Crippen molar-refractivity contribution in [2.24, 2.45) is 0 Å². The van der Waals surface area contributed by atoms with Gasteiger partial charge in [-0.25, -0.2) is 4.79 Å². The number of ether oxygens (including phenoxy) is 1. The van der Waals surface area contributed by atoms with Crippen LogP contribution >= 0.6 is 0 Å². The molecule has 2 heterocycles. The highest BCUT2D eigenvalue weighted by molar-refractivity contribution is 6.00. The fraction of sp³-hybridized carbons (Fsp3) is 0.471. The normalized spacial score (nSPS) is 23.0. The molecule has 2 atom stereocenters. The number of likely N-dealkylation sites (tertiary alicyclic amines) is 1. The van der Waals surface area contributed by atoms with Crippen molar-refractivity contribution in [2.75, 3.05) is 18.0 Å². The molecule has 2 amide bonds. The second-order valence-corrected chi connectivity index (χ2v) is 6.05. The lowest BCUT2D eigenvalue weighted by atomic mass is 10.1. The summed E-state index contributed by atoms with van der Waals surface area (Å²) in [6, 6.07) is 6.45. The van der Waals surface area contributed by atoms with Crippen molar-refractivity contribution in [3.63, 3.8) is 0 Å². The number of rotatable bonds is 4. The Bertz CT molecular complexity index is 675. The molecule has 2 aliphatic rings. The van der Waals surface area contributed by atoms with Crippen LogP contribution in [0.3, 0.4) is 0 Å². The zero-order valence-corrected chi connectivity index (χ0v) is 13.5. The highest BCUT2D eigenvalue weighted by Gasteiger charge is 2.35. The molecule has 7 heteroatoms. The Hall–Kier alpha value is -2.57. The van der Waals surface area contributed by atoms with Crippen LogP contribution in [0.25, 0.3) is 0 Å². The van der Waals surface area contributed by atoms with Gasteiger partial charge in [0.15, 0.2) is 6.10 Å². The number of nitrogens with zero attached hydrogens (tertiary/aromatic N) is 2. The molecule has 1 saturated heterocycles. The molecule has 3 rings (SSSR count). The summed E-state index contributed by atoms with van der Waals surface area (Å²) in [6.07, 6.45) is 0.668. The predicted molar refractivity (Wildman–Crippen MR) is 85.9 cm³/mol. The van der Waals surface area contributed by atoms with Gasteiger partial charge < -0.3 is 19.6 Å². The van der Waals surface area contributed by atoms with Crippen molar-refractivity contribution in [3.8, 4) is 5.75 Å². The van der Waals surface area contributed by atoms with Crippen LogP contribution in [0, 0.1) is 0 Å². The number of anilines is 1.